The average molecular weight is 243 g/mol. The van der Waals surface area contributed by atoms with Crippen molar-refractivity contribution in [2.75, 3.05) is 0 Å². The molecule has 1 aromatic heterocycles. The highest BCUT2D eigenvalue weighted by Crippen LogP contribution is 2.15. The zero-order valence-electron chi connectivity index (χ0n) is 11.4. The number of hydrogen-bond donors (Lipinski definition) is 1. The number of nitrogens with two attached hydrogens (primary N) is 1. The van der Waals surface area contributed by atoms with Gasteiger partial charge in [-0.3, -0.25) is 0 Å². The van der Waals surface area contributed by atoms with Crippen molar-refractivity contribution in [1.82, 2.24) is 9.55 Å². The van der Waals surface area contributed by atoms with E-state index in [2.05, 4.69) is 41.6 Å². The van der Waals surface area contributed by atoms with Crippen molar-refractivity contribution in [2.24, 2.45) is 12.8 Å². The highest BCUT2D eigenvalue weighted by atomic mass is 15.0. The molecule has 3 nitrogen and oxygen atoms in total. The van der Waals surface area contributed by atoms with Crippen LogP contribution in [0.2, 0.25) is 0 Å². The minimum absolute atomic E-state index is 0.517. The molecule has 0 fully saturated rings. The first-order chi connectivity index (χ1) is 8.61. The average Bonchev–Trinajstić information content (AvgIpc) is 2.69. The molecule has 1 aromatic carbocycles. The highest BCUT2D eigenvalue weighted by molar-refractivity contribution is 5.31. The fraction of sp³-hybridized carbons (Fsp3) is 0.400. The van der Waals surface area contributed by atoms with Gasteiger partial charge in [0.25, 0.3) is 0 Å². The van der Waals surface area contributed by atoms with Gasteiger partial charge in [-0.2, -0.15) is 0 Å². The second kappa shape index (κ2) is 5.36. The van der Waals surface area contributed by atoms with Gasteiger partial charge in [0.1, 0.15) is 0 Å². The van der Waals surface area contributed by atoms with Crippen LogP contribution in [0.4, 0.5) is 0 Å². The van der Waals surface area contributed by atoms with Gasteiger partial charge < -0.3 is 10.3 Å². The number of aryl methyl sites for hydroxylation is 4. The smallest absolute Gasteiger partial charge is 0.0949 e. The largest absolute Gasteiger partial charge is 0.337 e. The van der Waals surface area contributed by atoms with E-state index < -0.39 is 0 Å². The molecule has 2 aromatic rings. The van der Waals surface area contributed by atoms with E-state index in [-0.39, 0.29) is 0 Å². The van der Waals surface area contributed by atoms with Crippen LogP contribution < -0.4 is 5.73 Å². The molecule has 0 atom stereocenters. The van der Waals surface area contributed by atoms with Crippen molar-refractivity contribution in [3.63, 3.8) is 0 Å². The van der Waals surface area contributed by atoms with Crippen molar-refractivity contribution in [2.45, 2.75) is 33.2 Å². The van der Waals surface area contributed by atoms with Crippen molar-refractivity contribution in [1.29, 1.82) is 0 Å². The van der Waals surface area contributed by atoms with Crippen LogP contribution in [0.25, 0.3) is 0 Å². The number of aromatic nitrogens is 2. The van der Waals surface area contributed by atoms with E-state index in [1.807, 2.05) is 13.4 Å². The standard InChI is InChI=1S/C15H21N3/c1-11-4-5-13(12(2)8-11)6-7-15-14(9-16)17-10-18(15)3/h4-5,8,10H,6-7,9,16H2,1-3H3. The number of hydrogen-bond acceptors (Lipinski definition) is 2. The van der Waals surface area contributed by atoms with Crippen LogP contribution in [0.15, 0.2) is 24.5 Å². The Kier molecular flexibility index (Phi) is 3.82. The maximum atomic E-state index is 5.71. The monoisotopic (exact) mass is 243 g/mol. The number of rotatable bonds is 4. The van der Waals surface area contributed by atoms with E-state index in [0.29, 0.717) is 6.54 Å². The van der Waals surface area contributed by atoms with E-state index in [0.717, 1.165) is 18.5 Å². The van der Waals surface area contributed by atoms with Gasteiger partial charge in [-0.05, 0) is 37.8 Å². The first-order valence-electron chi connectivity index (χ1n) is 6.37. The molecule has 2 rings (SSSR count). The Hall–Kier alpha value is -1.61. The molecule has 0 aliphatic heterocycles. The number of imidazole rings is 1. The third-order valence-electron chi connectivity index (χ3n) is 3.47. The molecule has 0 aliphatic rings. The highest BCUT2D eigenvalue weighted by Gasteiger charge is 2.08. The third-order valence-corrected chi connectivity index (χ3v) is 3.47. The molecular weight excluding hydrogens is 222 g/mol. The van der Waals surface area contributed by atoms with Gasteiger partial charge in [-0.25, -0.2) is 4.98 Å². The molecule has 0 spiro atoms. The Morgan fingerprint density at radius 1 is 1.22 bits per heavy atom. The predicted molar refractivity (Wildman–Crippen MR) is 74.4 cm³/mol. The molecular formula is C15H21N3. The molecule has 0 aliphatic carbocycles. The molecule has 3 heteroatoms. The van der Waals surface area contributed by atoms with Gasteiger partial charge in [-0.1, -0.05) is 23.8 Å². The summed E-state index contributed by atoms with van der Waals surface area (Å²) in [5, 5.41) is 0. The SMILES string of the molecule is Cc1ccc(CCc2c(CN)ncn2C)c(C)c1. The van der Waals surface area contributed by atoms with Crippen molar-refractivity contribution in [3.8, 4) is 0 Å². The molecule has 96 valence electrons. The molecule has 0 saturated carbocycles. The van der Waals surface area contributed by atoms with Crippen LogP contribution in [0, 0.1) is 13.8 Å². The van der Waals surface area contributed by atoms with E-state index in [9.17, 15) is 0 Å². The van der Waals surface area contributed by atoms with E-state index in [4.69, 9.17) is 5.73 Å². The van der Waals surface area contributed by atoms with Crippen LogP contribution >= 0.6 is 0 Å². The Labute approximate surface area is 109 Å². The molecule has 18 heavy (non-hydrogen) atoms. The van der Waals surface area contributed by atoms with Gasteiger partial charge in [0, 0.05) is 19.3 Å². The lowest BCUT2D eigenvalue weighted by molar-refractivity contribution is 0.783. The number of benzene rings is 1. The van der Waals surface area contributed by atoms with E-state index in [1.165, 1.54) is 22.4 Å². The summed E-state index contributed by atoms with van der Waals surface area (Å²) in [6.45, 7) is 4.82. The first kappa shape index (κ1) is 12.8. The summed E-state index contributed by atoms with van der Waals surface area (Å²) in [5.74, 6) is 0. The minimum atomic E-state index is 0.517. The Bertz CT molecular complexity index is 541. The topological polar surface area (TPSA) is 43.8 Å². The summed E-state index contributed by atoms with van der Waals surface area (Å²) >= 11 is 0. The van der Waals surface area contributed by atoms with Gasteiger partial charge >= 0.3 is 0 Å². The zero-order chi connectivity index (χ0) is 13.1. The normalized spacial score (nSPS) is 10.9. The predicted octanol–water partition coefficient (Wildman–Crippen LogP) is 2.28. The van der Waals surface area contributed by atoms with Crippen LogP contribution in [-0.2, 0) is 26.4 Å². The van der Waals surface area contributed by atoms with Crippen LogP contribution in [0.1, 0.15) is 28.1 Å². The van der Waals surface area contributed by atoms with Crippen molar-refractivity contribution < 1.29 is 0 Å². The molecule has 0 amide bonds. The summed E-state index contributed by atoms with van der Waals surface area (Å²) < 4.78 is 2.08. The van der Waals surface area contributed by atoms with Gasteiger partial charge in [0.15, 0.2) is 0 Å². The molecule has 1 heterocycles. The molecule has 0 saturated heterocycles. The maximum Gasteiger partial charge on any atom is 0.0949 e. The molecule has 0 bridgehead atoms. The zero-order valence-corrected chi connectivity index (χ0v) is 11.4. The molecule has 2 N–H and O–H groups in total. The van der Waals surface area contributed by atoms with Crippen molar-refractivity contribution >= 4 is 0 Å². The second-order valence-electron chi connectivity index (χ2n) is 4.88. The minimum Gasteiger partial charge on any atom is -0.337 e. The third kappa shape index (κ3) is 2.62. The fourth-order valence-electron chi connectivity index (χ4n) is 2.37. The Balaban J connectivity index is 2.13. The first-order valence-corrected chi connectivity index (χ1v) is 6.37. The lowest BCUT2D eigenvalue weighted by atomic mass is 10.0. The molecule has 0 radical (unpaired) electrons. The summed E-state index contributed by atoms with van der Waals surface area (Å²) in [5.41, 5.74) is 12.1. The number of nitrogens with zero attached hydrogens (tertiary/aromatic N) is 2. The quantitative estimate of drug-likeness (QED) is 0.895. The second-order valence-corrected chi connectivity index (χ2v) is 4.88. The Morgan fingerprint density at radius 3 is 2.67 bits per heavy atom. The molecule has 0 unspecified atom stereocenters. The Morgan fingerprint density at radius 2 is 2.00 bits per heavy atom. The van der Waals surface area contributed by atoms with Crippen LogP contribution in [0.3, 0.4) is 0 Å². The summed E-state index contributed by atoms with van der Waals surface area (Å²) in [4.78, 5) is 4.32. The lowest BCUT2D eigenvalue weighted by Crippen LogP contribution is -2.06. The fourth-order valence-corrected chi connectivity index (χ4v) is 2.37. The summed E-state index contributed by atoms with van der Waals surface area (Å²) in [6.07, 6.45) is 3.88. The van der Waals surface area contributed by atoms with Gasteiger partial charge in [0.05, 0.1) is 12.0 Å². The maximum absolute atomic E-state index is 5.71. The van der Waals surface area contributed by atoms with Crippen LogP contribution in [0.5, 0.6) is 0 Å². The van der Waals surface area contributed by atoms with Crippen molar-refractivity contribution in [3.05, 3.63) is 52.6 Å². The van der Waals surface area contributed by atoms with Crippen LogP contribution in [-0.4, -0.2) is 9.55 Å². The summed E-state index contributed by atoms with van der Waals surface area (Å²) in [7, 11) is 2.03. The lowest BCUT2D eigenvalue weighted by Gasteiger charge is -2.08. The van der Waals surface area contributed by atoms with Gasteiger partial charge in [-0.15, -0.1) is 0 Å². The van der Waals surface area contributed by atoms with E-state index >= 15 is 0 Å². The van der Waals surface area contributed by atoms with E-state index in [1.54, 1.807) is 0 Å². The van der Waals surface area contributed by atoms with Gasteiger partial charge in [0.2, 0.25) is 0 Å². The summed E-state index contributed by atoms with van der Waals surface area (Å²) in [6, 6.07) is 6.64.